The van der Waals surface area contributed by atoms with Crippen molar-refractivity contribution in [3.05, 3.63) is 29.8 Å². The normalized spacial score (nSPS) is 15.8. The van der Waals surface area contributed by atoms with Crippen molar-refractivity contribution in [2.45, 2.75) is 39.2 Å². The van der Waals surface area contributed by atoms with Gasteiger partial charge in [0.1, 0.15) is 0 Å². The fraction of sp³-hybridized carbons (Fsp3) is 0.632. The van der Waals surface area contributed by atoms with Crippen molar-refractivity contribution in [2.75, 3.05) is 44.2 Å². The molecule has 0 bridgehead atoms. The van der Waals surface area contributed by atoms with Crippen LogP contribution in [0, 0.1) is 0 Å². The molecule has 5 nitrogen and oxygen atoms in total. The van der Waals surface area contributed by atoms with Crippen LogP contribution in [-0.2, 0) is 0 Å². The molecule has 1 aromatic carbocycles. The van der Waals surface area contributed by atoms with Gasteiger partial charge in [0.15, 0.2) is 0 Å². The fourth-order valence-electron chi connectivity index (χ4n) is 3.09. The minimum absolute atomic E-state index is 0.00448. The number of hydrogen-bond donors (Lipinski definition) is 2. The van der Waals surface area contributed by atoms with Crippen LogP contribution in [0.25, 0.3) is 0 Å². The molecule has 2 rings (SSSR count). The Morgan fingerprint density at radius 2 is 1.83 bits per heavy atom. The highest BCUT2D eigenvalue weighted by Crippen LogP contribution is 2.20. The van der Waals surface area contributed by atoms with Gasteiger partial charge in [-0.05, 0) is 63.2 Å². The summed E-state index contributed by atoms with van der Waals surface area (Å²) in [6, 6.07) is 7.78. The van der Waals surface area contributed by atoms with Gasteiger partial charge in [-0.3, -0.25) is 4.79 Å². The number of carbonyl (C=O) groups excluding carboxylic acids is 1. The first kappa shape index (κ1) is 18.7. The van der Waals surface area contributed by atoms with Gasteiger partial charge >= 0.3 is 0 Å². The Balaban J connectivity index is 1.77. The molecule has 0 atom stereocenters. The second-order valence-corrected chi connectivity index (χ2v) is 6.40. The predicted molar refractivity (Wildman–Crippen MR) is 98.6 cm³/mol. The summed E-state index contributed by atoms with van der Waals surface area (Å²) < 4.78 is 0. The highest BCUT2D eigenvalue weighted by molar-refractivity contribution is 5.94. The minimum Gasteiger partial charge on any atom is -0.393 e. The molecule has 0 saturated carbocycles. The molecular weight excluding hydrogens is 302 g/mol. The molecule has 1 amide bonds. The average molecular weight is 333 g/mol. The molecule has 0 aromatic heterocycles. The zero-order chi connectivity index (χ0) is 17.4. The fourth-order valence-corrected chi connectivity index (χ4v) is 3.09. The minimum atomic E-state index is -0.164. The molecule has 0 spiro atoms. The molecule has 134 valence electrons. The number of hydrogen-bond acceptors (Lipinski definition) is 4. The van der Waals surface area contributed by atoms with E-state index in [-0.39, 0.29) is 12.0 Å². The molecule has 1 aliphatic heterocycles. The Morgan fingerprint density at radius 3 is 2.42 bits per heavy atom. The molecule has 0 radical (unpaired) electrons. The van der Waals surface area contributed by atoms with Gasteiger partial charge in [-0.15, -0.1) is 0 Å². The average Bonchev–Trinajstić information content (AvgIpc) is 2.62. The third-order valence-corrected chi connectivity index (χ3v) is 4.79. The number of nitrogens with zero attached hydrogens (tertiary/aromatic N) is 2. The second-order valence-electron chi connectivity index (χ2n) is 6.40. The van der Waals surface area contributed by atoms with Gasteiger partial charge < -0.3 is 20.2 Å². The van der Waals surface area contributed by atoms with Gasteiger partial charge in [0.2, 0.25) is 0 Å². The summed E-state index contributed by atoms with van der Waals surface area (Å²) in [5.41, 5.74) is 1.83. The van der Waals surface area contributed by atoms with Crippen molar-refractivity contribution in [1.82, 2.24) is 10.2 Å². The summed E-state index contributed by atoms with van der Waals surface area (Å²) in [4.78, 5) is 16.8. The van der Waals surface area contributed by atoms with E-state index in [1.54, 1.807) is 0 Å². The van der Waals surface area contributed by atoms with Crippen LogP contribution in [0.2, 0.25) is 0 Å². The third kappa shape index (κ3) is 5.49. The van der Waals surface area contributed by atoms with Crippen LogP contribution in [-0.4, -0.2) is 61.3 Å². The first-order valence-electron chi connectivity index (χ1n) is 9.17. The van der Waals surface area contributed by atoms with Gasteiger partial charge in [-0.2, -0.15) is 0 Å². The van der Waals surface area contributed by atoms with Gasteiger partial charge in [-0.1, -0.05) is 13.8 Å². The molecule has 5 heteroatoms. The number of aliphatic hydroxyl groups is 1. The summed E-state index contributed by atoms with van der Waals surface area (Å²) in [6.45, 7) is 9.91. The number of nitrogens with one attached hydrogen (secondary N) is 1. The maximum absolute atomic E-state index is 12.2. The molecular formula is C19H31N3O2. The van der Waals surface area contributed by atoms with Gasteiger partial charge in [0.25, 0.3) is 5.91 Å². The lowest BCUT2D eigenvalue weighted by molar-refractivity contribution is 0.0952. The van der Waals surface area contributed by atoms with Crippen LogP contribution in [0.5, 0.6) is 0 Å². The van der Waals surface area contributed by atoms with Crippen LogP contribution in [0.1, 0.15) is 43.5 Å². The van der Waals surface area contributed by atoms with E-state index < -0.39 is 0 Å². The van der Waals surface area contributed by atoms with Gasteiger partial charge in [-0.25, -0.2) is 0 Å². The van der Waals surface area contributed by atoms with Crippen LogP contribution in [0.4, 0.5) is 5.69 Å². The molecule has 1 aliphatic rings. The van der Waals surface area contributed by atoms with Crippen molar-refractivity contribution in [3.8, 4) is 0 Å². The summed E-state index contributed by atoms with van der Waals surface area (Å²) in [5.74, 6) is -0.00448. The molecule has 1 fully saturated rings. The van der Waals surface area contributed by atoms with E-state index >= 15 is 0 Å². The van der Waals surface area contributed by atoms with E-state index in [9.17, 15) is 9.90 Å². The van der Waals surface area contributed by atoms with E-state index in [0.29, 0.717) is 12.1 Å². The molecule has 1 aromatic rings. The Kier molecular flexibility index (Phi) is 7.53. The highest BCUT2D eigenvalue weighted by atomic mass is 16.3. The highest BCUT2D eigenvalue weighted by Gasteiger charge is 2.17. The Labute approximate surface area is 145 Å². The molecule has 2 N–H and O–H groups in total. The summed E-state index contributed by atoms with van der Waals surface area (Å²) in [6.07, 6.45) is 2.44. The van der Waals surface area contributed by atoms with E-state index in [2.05, 4.69) is 29.0 Å². The third-order valence-electron chi connectivity index (χ3n) is 4.79. The van der Waals surface area contributed by atoms with Crippen molar-refractivity contribution < 1.29 is 9.90 Å². The maximum Gasteiger partial charge on any atom is 0.251 e. The van der Waals surface area contributed by atoms with E-state index in [1.165, 1.54) is 0 Å². The zero-order valence-electron chi connectivity index (χ0n) is 15.0. The number of amides is 1. The number of anilines is 1. The maximum atomic E-state index is 12.2. The molecule has 0 aliphatic carbocycles. The smallest absolute Gasteiger partial charge is 0.251 e. The van der Waals surface area contributed by atoms with Crippen molar-refractivity contribution in [3.63, 3.8) is 0 Å². The second kappa shape index (κ2) is 9.64. The largest absolute Gasteiger partial charge is 0.393 e. The monoisotopic (exact) mass is 333 g/mol. The van der Waals surface area contributed by atoms with E-state index in [4.69, 9.17) is 0 Å². The van der Waals surface area contributed by atoms with Crippen molar-refractivity contribution in [2.24, 2.45) is 0 Å². The number of aliphatic hydroxyl groups excluding tert-OH is 1. The Morgan fingerprint density at radius 1 is 1.21 bits per heavy atom. The quantitative estimate of drug-likeness (QED) is 0.716. The van der Waals surface area contributed by atoms with Crippen molar-refractivity contribution >= 4 is 11.6 Å². The summed E-state index contributed by atoms with van der Waals surface area (Å²) in [5, 5.41) is 12.6. The molecule has 0 unspecified atom stereocenters. The molecule has 1 heterocycles. The number of benzene rings is 1. The molecule has 24 heavy (non-hydrogen) atoms. The van der Waals surface area contributed by atoms with Crippen LogP contribution in [0.3, 0.4) is 0 Å². The SMILES string of the molecule is CCN(CC)CCCNC(=O)c1ccc(N2CCC(O)CC2)cc1. The Bertz CT molecular complexity index is 492. The number of rotatable bonds is 8. The number of piperidine rings is 1. The van der Waals surface area contributed by atoms with E-state index in [0.717, 1.165) is 57.7 Å². The van der Waals surface area contributed by atoms with E-state index in [1.807, 2.05) is 24.3 Å². The lowest BCUT2D eigenvalue weighted by Crippen LogP contribution is -2.35. The van der Waals surface area contributed by atoms with Crippen molar-refractivity contribution in [1.29, 1.82) is 0 Å². The topological polar surface area (TPSA) is 55.8 Å². The van der Waals surface area contributed by atoms with Crippen LogP contribution < -0.4 is 10.2 Å². The predicted octanol–water partition coefficient (Wildman–Crippen LogP) is 2.11. The summed E-state index contributed by atoms with van der Waals surface area (Å²) >= 11 is 0. The first-order valence-corrected chi connectivity index (χ1v) is 9.17. The zero-order valence-corrected chi connectivity index (χ0v) is 15.0. The van der Waals surface area contributed by atoms with Crippen LogP contribution >= 0.6 is 0 Å². The number of carbonyl (C=O) groups is 1. The molecule has 1 saturated heterocycles. The Hall–Kier alpha value is -1.59. The lowest BCUT2D eigenvalue weighted by atomic mass is 10.1. The summed E-state index contributed by atoms with van der Waals surface area (Å²) in [7, 11) is 0. The standard InChI is InChI=1S/C19H31N3O2/c1-3-21(4-2)13-5-12-20-19(24)16-6-8-17(9-7-16)22-14-10-18(23)11-15-22/h6-9,18,23H,3-5,10-15H2,1-2H3,(H,20,24). The van der Waals surface area contributed by atoms with Gasteiger partial charge in [0, 0.05) is 30.9 Å². The van der Waals surface area contributed by atoms with Gasteiger partial charge in [0.05, 0.1) is 6.10 Å². The lowest BCUT2D eigenvalue weighted by Gasteiger charge is -2.31. The first-order chi connectivity index (χ1) is 11.6. The van der Waals surface area contributed by atoms with Crippen LogP contribution in [0.15, 0.2) is 24.3 Å².